The molecule has 0 aromatic heterocycles. The summed E-state index contributed by atoms with van der Waals surface area (Å²) >= 11 is 0. The summed E-state index contributed by atoms with van der Waals surface area (Å²) in [5.74, 6) is -0.689. The number of carbonyl (C=O) groups is 1. The summed E-state index contributed by atoms with van der Waals surface area (Å²) in [6.45, 7) is 3.85. The topological polar surface area (TPSA) is 44.8 Å². The van der Waals surface area contributed by atoms with Gasteiger partial charge in [-0.1, -0.05) is 0 Å². The lowest BCUT2D eigenvalue weighted by Crippen LogP contribution is -2.30. The smallest absolute Gasteiger partial charge is 0.313 e. The Morgan fingerprint density at radius 2 is 1.83 bits per heavy atom. The van der Waals surface area contributed by atoms with Crippen LogP contribution in [0.15, 0.2) is 0 Å². The van der Waals surface area contributed by atoms with Crippen molar-refractivity contribution in [2.75, 3.05) is 20.8 Å². The Morgan fingerprint density at radius 3 is 2.17 bits per heavy atom. The van der Waals surface area contributed by atoms with E-state index in [9.17, 15) is 4.79 Å². The van der Waals surface area contributed by atoms with Crippen LogP contribution in [0.1, 0.15) is 13.8 Å². The van der Waals surface area contributed by atoms with Crippen LogP contribution in [0, 0.1) is 5.92 Å². The average Bonchev–Trinajstić information content (AvgIpc) is 2.07. The minimum Gasteiger partial charge on any atom is -0.466 e. The first-order valence-corrected chi connectivity index (χ1v) is 3.89. The maximum Gasteiger partial charge on any atom is 0.313 e. The Balaban J connectivity index is 3.96. The van der Waals surface area contributed by atoms with E-state index in [1.54, 1.807) is 13.8 Å². The van der Waals surface area contributed by atoms with E-state index >= 15 is 0 Å². The molecule has 4 nitrogen and oxygen atoms in total. The fourth-order valence-corrected chi connectivity index (χ4v) is 0.889. The second-order valence-corrected chi connectivity index (χ2v) is 2.38. The molecule has 1 unspecified atom stereocenters. The van der Waals surface area contributed by atoms with Gasteiger partial charge in [-0.15, -0.1) is 0 Å². The molecule has 0 spiro atoms. The van der Waals surface area contributed by atoms with Gasteiger partial charge in [0, 0.05) is 14.2 Å². The van der Waals surface area contributed by atoms with Gasteiger partial charge in [-0.3, -0.25) is 4.79 Å². The highest BCUT2D eigenvalue weighted by Crippen LogP contribution is 2.09. The molecule has 0 aromatic carbocycles. The van der Waals surface area contributed by atoms with Crippen molar-refractivity contribution < 1.29 is 19.0 Å². The van der Waals surface area contributed by atoms with Gasteiger partial charge in [0.05, 0.1) is 6.61 Å². The van der Waals surface area contributed by atoms with Crippen molar-refractivity contribution in [3.8, 4) is 0 Å². The van der Waals surface area contributed by atoms with Crippen molar-refractivity contribution >= 4 is 5.97 Å². The van der Waals surface area contributed by atoms with Gasteiger partial charge in [0.15, 0.2) is 6.29 Å². The van der Waals surface area contributed by atoms with Crippen LogP contribution in [0.2, 0.25) is 0 Å². The fourth-order valence-electron chi connectivity index (χ4n) is 0.889. The van der Waals surface area contributed by atoms with E-state index in [-0.39, 0.29) is 11.9 Å². The molecule has 0 radical (unpaired) electrons. The van der Waals surface area contributed by atoms with Crippen molar-refractivity contribution in [3.05, 3.63) is 0 Å². The molecule has 1 atom stereocenters. The summed E-state index contributed by atoms with van der Waals surface area (Å²) in [6.07, 6.45) is -0.524. The van der Waals surface area contributed by atoms with Crippen LogP contribution in [0.5, 0.6) is 0 Å². The van der Waals surface area contributed by atoms with Crippen molar-refractivity contribution in [2.24, 2.45) is 5.92 Å². The summed E-state index contributed by atoms with van der Waals surface area (Å²) in [5.41, 5.74) is 0. The first-order chi connectivity index (χ1) is 5.67. The Hall–Kier alpha value is -0.610. The molecule has 0 aliphatic carbocycles. The van der Waals surface area contributed by atoms with E-state index in [1.807, 2.05) is 0 Å². The van der Waals surface area contributed by atoms with Gasteiger partial charge >= 0.3 is 5.97 Å². The van der Waals surface area contributed by atoms with Gasteiger partial charge in [-0.05, 0) is 13.8 Å². The molecule has 0 heterocycles. The number of ether oxygens (including phenoxy) is 3. The largest absolute Gasteiger partial charge is 0.466 e. The predicted octanol–water partition coefficient (Wildman–Crippen LogP) is 0.804. The van der Waals surface area contributed by atoms with Crippen molar-refractivity contribution in [1.82, 2.24) is 0 Å². The third kappa shape index (κ3) is 3.19. The lowest BCUT2D eigenvalue weighted by Gasteiger charge is -2.18. The highest BCUT2D eigenvalue weighted by Gasteiger charge is 2.24. The van der Waals surface area contributed by atoms with Gasteiger partial charge in [0.2, 0.25) is 0 Å². The van der Waals surface area contributed by atoms with E-state index in [0.717, 1.165) is 0 Å². The Bertz CT molecular complexity index is 131. The number of rotatable bonds is 5. The van der Waals surface area contributed by atoms with Crippen LogP contribution < -0.4 is 0 Å². The zero-order valence-corrected chi connectivity index (χ0v) is 7.99. The Labute approximate surface area is 72.8 Å². The van der Waals surface area contributed by atoms with E-state index in [4.69, 9.17) is 14.2 Å². The maximum absolute atomic E-state index is 11.1. The summed E-state index contributed by atoms with van der Waals surface area (Å²) in [7, 11) is 2.98. The third-order valence-corrected chi connectivity index (χ3v) is 1.53. The summed E-state index contributed by atoms with van der Waals surface area (Å²) < 4.78 is 14.6. The molecular formula is C8H16O4. The van der Waals surface area contributed by atoms with Crippen LogP contribution >= 0.6 is 0 Å². The van der Waals surface area contributed by atoms with E-state index in [2.05, 4.69) is 0 Å². The molecule has 0 bridgehead atoms. The molecule has 0 aromatic rings. The Morgan fingerprint density at radius 1 is 1.33 bits per heavy atom. The quantitative estimate of drug-likeness (QED) is 0.459. The minimum absolute atomic E-state index is 0.300. The van der Waals surface area contributed by atoms with Gasteiger partial charge < -0.3 is 14.2 Å². The molecule has 0 aliphatic heterocycles. The van der Waals surface area contributed by atoms with Crippen LogP contribution in [-0.2, 0) is 19.0 Å². The minimum atomic E-state index is -0.524. The SMILES string of the molecule is CCOC(=O)C(C)C(OC)OC. The molecular weight excluding hydrogens is 160 g/mol. The standard InChI is InChI=1S/C8H16O4/c1-5-12-7(9)6(2)8(10-3)11-4/h6,8H,5H2,1-4H3. The molecule has 0 aliphatic rings. The number of methoxy groups -OCH3 is 2. The van der Waals surface area contributed by atoms with Crippen molar-refractivity contribution in [2.45, 2.75) is 20.1 Å². The molecule has 0 rings (SSSR count). The molecule has 0 amide bonds. The zero-order chi connectivity index (χ0) is 9.56. The monoisotopic (exact) mass is 176 g/mol. The molecule has 0 fully saturated rings. The van der Waals surface area contributed by atoms with E-state index in [1.165, 1.54) is 14.2 Å². The summed E-state index contributed by atoms with van der Waals surface area (Å²) in [4.78, 5) is 11.1. The third-order valence-electron chi connectivity index (χ3n) is 1.53. The van der Waals surface area contributed by atoms with Gasteiger partial charge in [-0.2, -0.15) is 0 Å². The molecule has 72 valence electrons. The second-order valence-electron chi connectivity index (χ2n) is 2.38. The van der Waals surface area contributed by atoms with E-state index < -0.39 is 6.29 Å². The molecule has 0 saturated carbocycles. The van der Waals surface area contributed by atoms with Crippen molar-refractivity contribution in [1.29, 1.82) is 0 Å². The first-order valence-electron chi connectivity index (χ1n) is 3.89. The van der Waals surface area contributed by atoms with Crippen LogP contribution in [-0.4, -0.2) is 33.1 Å². The highest BCUT2D eigenvalue weighted by molar-refractivity contribution is 5.72. The van der Waals surface area contributed by atoms with Gasteiger partial charge in [0.25, 0.3) is 0 Å². The van der Waals surface area contributed by atoms with Crippen LogP contribution in [0.3, 0.4) is 0 Å². The number of esters is 1. The number of hydrogen-bond acceptors (Lipinski definition) is 4. The van der Waals surface area contributed by atoms with E-state index in [0.29, 0.717) is 6.61 Å². The highest BCUT2D eigenvalue weighted by atomic mass is 16.7. The van der Waals surface area contributed by atoms with Crippen LogP contribution in [0.4, 0.5) is 0 Å². The average molecular weight is 176 g/mol. The summed E-state index contributed by atoms with van der Waals surface area (Å²) in [5, 5.41) is 0. The normalized spacial score (nSPS) is 13.1. The molecule has 12 heavy (non-hydrogen) atoms. The second kappa shape index (κ2) is 5.97. The lowest BCUT2D eigenvalue weighted by atomic mass is 10.2. The van der Waals surface area contributed by atoms with Gasteiger partial charge in [-0.25, -0.2) is 0 Å². The number of carbonyl (C=O) groups excluding carboxylic acids is 1. The predicted molar refractivity (Wildman–Crippen MR) is 43.6 cm³/mol. The van der Waals surface area contributed by atoms with Crippen molar-refractivity contribution in [3.63, 3.8) is 0 Å². The Kier molecular flexibility index (Phi) is 5.66. The number of hydrogen-bond donors (Lipinski definition) is 0. The summed E-state index contributed by atoms with van der Waals surface area (Å²) in [6, 6.07) is 0. The molecule has 0 N–H and O–H groups in total. The van der Waals surface area contributed by atoms with Crippen LogP contribution in [0.25, 0.3) is 0 Å². The molecule has 0 saturated heterocycles. The fraction of sp³-hybridized carbons (Fsp3) is 0.875. The maximum atomic E-state index is 11.1. The molecule has 4 heteroatoms. The lowest BCUT2D eigenvalue weighted by molar-refractivity contribution is -0.173. The zero-order valence-electron chi connectivity index (χ0n) is 7.99. The first kappa shape index (κ1) is 11.4. The van der Waals surface area contributed by atoms with Gasteiger partial charge in [0.1, 0.15) is 5.92 Å².